The van der Waals surface area contributed by atoms with Gasteiger partial charge in [0.1, 0.15) is 10.5 Å². The molecule has 0 bridgehead atoms. The maximum absolute atomic E-state index is 11.8. The first-order valence-electron chi connectivity index (χ1n) is 5.07. The van der Waals surface area contributed by atoms with E-state index in [4.69, 9.17) is 11.6 Å². The van der Waals surface area contributed by atoms with Crippen LogP contribution in [0.1, 0.15) is 5.56 Å². The van der Waals surface area contributed by atoms with Gasteiger partial charge >= 0.3 is 0 Å². The number of halogens is 1. The fraction of sp³-hybridized carbons (Fsp3) is 0.200. The van der Waals surface area contributed by atoms with Crippen LogP contribution in [0.5, 0.6) is 0 Å². The van der Waals surface area contributed by atoms with E-state index in [1.807, 2.05) is 0 Å². The van der Waals surface area contributed by atoms with Gasteiger partial charge in [-0.15, -0.1) is 11.3 Å². The number of nitrogens with one attached hydrogen (secondary N) is 1. The van der Waals surface area contributed by atoms with Crippen molar-refractivity contribution in [1.29, 1.82) is 0 Å². The van der Waals surface area contributed by atoms with Crippen LogP contribution in [0.3, 0.4) is 0 Å². The number of hydrogen-bond acceptors (Lipinski definition) is 5. The smallest absolute Gasteiger partial charge is 0.245 e. The minimum absolute atomic E-state index is 0.219. The van der Waals surface area contributed by atoms with E-state index in [1.165, 1.54) is 12.4 Å². The number of hydrogen-bond donors (Lipinski definition) is 1. The van der Waals surface area contributed by atoms with Gasteiger partial charge in [-0.25, -0.2) is 23.1 Å². The highest BCUT2D eigenvalue weighted by atomic mass is 35.5. The Labute approximate surface area is 114 Å². The van der Waals surface area contributed by atoms with Crippen LogP contribution in [-0.4, -0.2) is 24.9 Å². The molecule has 0 aromatic carbocycles. The highest BCUT2D eigenvalue weighted by Crippen LogP contribution is 2.25. The van der Waals surface area contributed by atoms with Crippen LogP contribution in [0, 0.1) is 0 Å². The van der Waals surface area contributed by atoms with E-state index in [0.717, 1.165) is 16.9 Å². The van der Waals surface area contributed by atoms with E-state index >= 15 is 0 Å². The van der Waals surface area contributed by atoms with Crippen LogP contribution in [0.25, 0.3) is 0 Å². The first-order chi connectivity index (χ1) is 8.58. The molecule has 0 unspecified atom stereocenters. The van der Waals surface area contributed by atoms with Crippen molar-refractivity contribution in [2.45, 2.75) is 10.6 Å². The van der Waals surface area contributed by atoms with Crippen LogP contribution < -0.4 is 4.72 Å². The molecule has 96 valence electrons. The predicted molar refractivity (Wildman–Crippen MR) is 70.3 cm³/mol. The van der Waals surface area contributed by atoms with Crippen molar-refractivity contribution in [2.75, 3.05) is 6.54 Å². The third kappa shape index (κ3) is 3.49. The number of thiophene rings is 1. The summed E-state index contributed by atoms with van der Waals surface area (Å²) in [7, 11) is -3.47. The van der Waals surface area contributed by atoms with Gasteiger partial charge in [-0.1, -0.05) is 11.6 Å². The van der Waals surface area contributed by atoms with Gasteiger partial charge in [-0.3, -0.25) is 0 Å². The molecule has 0 fully saturated rings. The Bertz CT molecular complexity index is 613. The fourth-order valence-electron chi connectivity index (χ4n) is 1.30. The topological polar surface area (TPSA) is 72.0 Å². The Balaban J connectivity index is 1.94. The number of aromatic nitrogens is 2. The van der Waals surface area contributed by atoms with E-state index in [2.05, 4.69) is 14.7 Å². The molecular formula is C10H10ClN3O2S2. The van der Waals surface area contributed by atoms with E-state index in [1.54, 1.807) is 18.5 Å². The minimum Gasteiger partial charge on any atom is -0.245 e. The zero-order valence-corrected chi connectivity index (χ0v) is 11.6. The Morgan fingerprint density at radius 2 is 2.00 bits per heavy atom. The highest BCUT2D eigenvalue weighted by molar-refractivity contribution is 7.91. The Kier molecular flexibility index (Phi) is 4.28. The molecule has 0 saturated carbocycles. The lowest BCUT2D eigenvalue weighted by Gasteiger charge is -2.04. The molecule has 18 heavy (non-hydrogen) atoms. The van der Waals surface area contributed by atoms with Gasteiger partial charge in [0.2, 0.25) is 10.0 Å². The van der Waals surface area contributed by atoms with Gasteiger partial charge in [0.05, 0.1) is 4.34 Å². The predicted octanol–water partition coefficient (Wildman–Crippen LogP) is 1.71. The normalized spacial score (nSPS) is 11.6. The highest BCUT2D eigenvalue weighted by Gasteiger charge is 2.15. The molecule has 0 spiro atoms. The lowest BCUT2D eigenvalue weighted by atomic mass is 10.2. The molecule has 0 aliphatic rings. The lowest BCUT2D eigenvalue weighted by Crippen LogP contribution is -2.25. The molecule has 2 rings (SSSR count). The first kappa shape index (κ1) is 13.4. The fourth-order valence-corrected chi connectivity index (χ4v) is 3.86. The Morgan fingerprint density at radius 1 is 1.28 bits per heavy atom. The summed E-state index contributed by atoms with van der Waals surface area (Å²) < 4.78 is 26.9. The van der Waals surface area contributed by atoms with Crippen LogP contribution in [0.15, 0.2) is 35.1 Å². The Morgan fingerprint density at radius 3 is 2.61 bits per heavy atom. The molecule has 0 aliphatic heterocycles. The van der Waals surface area contributed by atoms with Crippen LogP contribution in [-0.2, 0) is 16.4 Å². The number of sulfonamides is 1. The zero-order valence-electron chi connectivity index (χ0n) is 9.21. The van der Waals surface area contributed by atoms with Gasteiger partial charge < -0.3 is 0 Å². The summed E-state index contributed by atoms with van der Waals surface area (Å²) in [5.74, 6) is 0. The summed E-state index contributed by atoms with van der Waals surface area (Å²) in [4.78, 5) is 7.72. The lowest BCUT2D eigenvalue weighted by molar-refractivity contribution is 0.583. The summed E-state index contributed by atoms with van der Waals surface area (Å²) in [6, 6.07) is 3.05. The molecule has 8 heteroatoms. The second kappa shape index (κ2) is 5.75. The van der Waals surface area contributed by atoms with Crippen LogP contribution in [0.2, 0.25) is 4.34 Å². The van der Waals surface area contributed by atoms with Gasteiger partial charge in [0.25, 0.3) is 0 Å². The van der Waals surface area contributed by atoms with Gasteiger partial charge in [0.15, 0.2) is 0 Å². The molecule has 2 aromatic rings. The van der Waals surface area contributed by atoms with E-state index < -0.39 is 10.0 Å². The average molecular weight is 304 g/mol. The summed E-state index contributed by atoms with van der Waals surface area (Å²) in [6.45, 7) is 0.297. The molecule has 0 aliphatic carbocycles. The minimum atomic E-state index is -3.47. The molecule has 2 aromatic heterocycles. The average Bonchev–Trinajstić information content (AvgIpc) is 2.78. The van der Waals surface area contributed by atoms with Crippen molar-refractivity contribution in [1.82, 2.24) is 14.7 Å². The quantitative estimate of drug-likeness (QED) is 0.913. The Hall–Kier alpha value is -1.02. The van der Waals surface area contributed by atoms with Gasteiger partial charge in [-0.05, 0) is 24.1 Å². The van der Waals surface area contributed by atoms with E-state index in [-0.39, 0.29) is 4.21 Å². The van der Waals surface area contributed by atoms with Crippen molar-refractivity contribution < 1.29 is 8.42 Å². The van der Waals surface area contributed by atoms with Crippen molar-refractivity contribution in [3.8, 4) is 0 Å². The van der Waals surface area contributed by atoms with Crippen molar-refractivity contribution in [3.05, 3.63) is 40.8 Å². The largest absolute Gasteiger partial charge is 0.250 e. The molecule has 1 N–H and O–H groups in total. The molecule has 5 nitrogen and oxygen atoms in total. The van der Waals surface area contributed by atoms with E-state index in [0.29, 0.717) is 17.3 Å². The summed E-state index contributed by atoms with van der Waals surface area (Å²) >= 11 is 6.74. The summed E-state index contributed by atoms with van der Waals surface area (Å²) in [6.07, 6.45) is 5.28. The number of rotatable bonds is 5. The first-order valence-corrected chi connectivity index (χ1v) is 7.74. The molecular weight excluding hydrogens is 294 g/mol. The van der Waals surface area contributed by atoms with Crippen LogP contribution in [0.4, 0.5) is 0 Å². The molecule has 0 atom stereocenters. The maximum atomic E-state index is 11.8. The van der Waals surface area contributed by atoms with Crippen molar-refractivity contribution in [3.63, 3.8) is 0 Å². The molecule has 2 heterocycles. The molecule has 0 saturated heterocycles. The van der Waals surface area contributed by atoms with Crippen molar-refractivity contribution in [2.24, 2.45) is 0 Å². The zero-order chi connectivity index (χ0) is 13.0. The number of nitrogens with zero attached hydrogens (tertiary/aromatic N) is 2. The third-order valence-corrected chi connectivity index (χ3v) is 5.32. The third-order valence-electron chi connectivity index (χ3n) is 2.13. The monoisotopic (exact) mass is 303 g/mol. The molecule has 0 amide bonds. The van der Waals surface area contributed by atoms with Crippen LogP contribution >= 0.6 is 22.9 Å². The maximum Gasteiger partial charge on any atom is 0.250 e. The second-order valence-corrected chi connectivity index (χ2v) is 7.16. The van der Waals surface area contributed by atoms with Gasteiger partial charge in [-0.2, -0.15) is 0 Å². The SMILES string of the molecule is O=S(=O)(NCCc1cncnc1)c1ccc(Cl)s1. The van der Waals surface area contributed by atoms with Gasteiger partial charge in [0, 0.05) is 18.9 Å². The standard InChI is InChI=1S/C10H10ClN3O2S2/c11-9-1-2-10(17-9)18(15,16)14-4-3-8-5-12-7-13-6-8/h1-2,5-7,14H,3-4H2. The second-order valence-electron chi connectivity index (χ2n) is 3.45. The summed E-state index contributed by atoms with van der Waals surface area (Å²) in [5, 5.41) is 0. The van der Waals surface area contributed by atoms with Crippen molar-refractivity contribution >= 4 is 33.0 Å². The van der Waals surface area contributed by atoms with E-state index in [9.17, 15) is 8.42 Å². The summed E-state index contributed by atoms with van der Waals surface area (Å²) in [5.41, 5.74) is 0.879. The molecule has 0 radical (unpaired) electrons.